The van der Waals surface area contributed by atoms with Gasteiger partial charge < -0.3 is 10.5 Å². The van der Waals surface area contributed by atoms with Crippen LogP contribution in [0.1, 0.15) is 32.2 Å². The average Bonchev–Trinajstić information content (AvgIpc) is 2.18. The Hall–Kier alpha value is -1.76. The number of nitrogen functional groups attached to an aromatic ring is 1. The number of nitrogens with two attached hydrogens (primary N) is 1. The number of hydrogen-bond acceptors (Lipinski definition) is 4. The number of rotatable bonds is 2. The summed E-state index contributed by atoms with van der Waals surface area (Å²) in [5.74, 6) is 3.96. The molecule has 0 atom stereocenters. The molecule has 0 aliphatic rings. The molecule has 0 unspecified atom stereocenters. The van der Waals surface area contributed by atoms with Gasteiger partial charge in [-0.2, -0.15) is 4.98 Å². The third kappa shape index (κ3) is 2.63. The van der Waals surface area contributed by atoms with Crippen LogP contribution in [0.15, 0.2) is 0 Å². The smallest absolute Gasteiger partial charge is 0.222 e. The van der Waals surface area contributed by atoms with Crippen molar-refractivity contribution in [3.8, 4) is 18.2 Å². The molecule has 1 aromatic rings. The van der Waals surface area contributed by atoms with E-state index in [2.05, 4.69) is 15.9 Å². The summed E-state index contributed by atoms with van der Waals surface area (Å²) in [5, 5.41) is 0. The van der Waals surface area contributed by atoms with E-state index in [0.717, 1.165) is 5.56 Å². The molecule has 0 radical (unpaired) electrons. The summed E-state index contributed by atoms with van der Waals surface area (Å²) >= 11 is 0. The highest BCUT2D eigenvalue weighted by Gasteiger charge is 2.20. The molecule has 0 aliphatic carbocycles. The Labute approximate surface area is 96.2 Å². The highest BCUT2D eigenvalue weighted by atomic mass is 16.5. The summed E-state index contributed by atoms with van der Waals surface area (Å²) in [6, 6.07) is 0. The Kier molecular flexibility index (Phi) is 3.38. The van der Waals surface area contributed by atoms with Crippen molar-refractivity contribution < 1.29 is 4.74 Å². The summed E-state index contributed by atoms with van der Waals surface area (Å²) in [4.78, 5) is 8.58. The van der Waals surface area contributed by atoms with Crippen LogP contribution in [0.5, 0.6) is 5.88 Å². The maximum Gasteiger partial charge on any atom is 0.222 e. The van der Waals surface area contributed by atoms with E-state index < -0.39 is 0 Å². The molecule has 1 heterocycles. The van der Waals surface area contributed by atoms with Crippen molar-refractivity contribution >= 4 is 5.82 Å². The second kappa shape index (κ2) is 4.40. The molecule has 1 rings (SSSR count). The average molecular weight is 219 g/mol. The molecule has 16 heavy (non-hydrogen) atoms. The zero-order chi connectivity index (χ0) is 12.3. The lowest BCUT2D eigenvalue weighted by Gasteiger charge is -2.18. The predicted molar refractivity (Wildman–Crippen MR) is 64.2 cm³/mol. The molecular weight excluding hydrogens is 202 g/mol. The lowest BCUT2D eigenvalue weighted by atomic mass is 9.95. The molecule has 0 amide bonds. The van der Waals surface area contributed by atoms with E-state index in [1.165, 1.54) is 0 Å². The second-order valence-electron chi connectivity index (χ2n) is 4.61. The Morgan fingerprint density at radius 2 is 2.00 bits per heavy atom. The van der Waals surface area contributed by atoms with Gasteiger partial charge >= 0.3 is 0 Å². The maximum absolute atomic E-state index is 5.81. The van der Waals surface area contributed by atoms with Crippen molar-refractivity contribution in [2.45, 2.75) is 33.1 Å². The molecule has 0 spiro atoms. The third-order valence-corrected chi connectivity index (χ3v) is 2.10. The largest absolute Gasteiger partial charge is 0.464 e. The Balaban J connectivity index is 3.18. The molecule has 0 fully saturated rings. The van der Waals surface area contributed by atoms with Crippen LogP contribution >= 0.6 is 0 Å². The number of nitrogens with zero attached hydrogens (tertiary/aromatic N) is 2. The number of terminal acetylenes is 1. The highest BCUT2D eigenvalue weighted by molar-refractivity contribution is 5.45. The third-order valence-electron chi connectivity index (χ3n) is 2.10. The van der Waals surface area contributed by atoms with Crippen molar-refractivity contribution in [1.82, 2.24) is 9.97 Å². The second-order valence-corrected chi connectivity index (χ2v) is 4.61. The lowest BCUT2D eigenvalue weighted by Crippen LogP contribution is -2.18. The number of anilines is 1. The van der Waals surface area contributed by atoms with Gasteiger partial charge in [0.15, 0.2) is 6.61 Å². The fourth-order valence-corrected chi connectivity index (χ4v) is 1.10. The number of ether oxygens (including phenoxy) is 1. The van der Waals surface area contributed by atoms with E-state index in [0.29, 0.717) is 17.5 Å². The van der Waals surface area contributed by atoms with Gasteiger partial charge in [-0.25, -0.2) is 4.98 Å². The normalized spacial score (nSPS) is 10.9. The van der Waals surface area contributed by atoms with Crippen molar-refractivity contribution in [2.24, 2.45) is 0 Å². The van der Waals surface area contributed by atoms with Crippen molar-refractivity contribution in [3.05, 3.63) is 11.4 Å². The molecule has 4 nitrogen and oxygen atoms in total. The first-order valence-corrected chi connectivity index (χ1v) is 5.07. The molecule has 2 N–H and O–H groups in total. The van der Waals surface area contributed by atoms with E-state index in [1.807, 2.05) is 27.7 Å². The lowest BCUT2D eigenvalue weighted by molar-refractivity contribution is 0.347. The van der Waals surface area contributed by atoms with Crippen molar-refractivity contribution in [2.75, 3.05) is 12.3 Å². The minimum atomic E-state index is -0.171. The van der Waals surface area contributed by atoms with Gasteiger partial charge in [-0.05, 0) is 6.92 Å². The summed E-state index contributed by atoms with van der Waals surface area (Å²) in [7, 11) is 0. The molecule has 4 heteroatoms. The van der Waals surface area contributed by atoms with Crippen LogP contribution in [0.3, 0.4) is 0 Å². The van der Waals surface area contributed by atoms with Gasteiger partial charge in [-0.15, -0.1) is 6.42 Å². The van der Waals surface area contributed by atoms with E-state index in [-0.39, 0.29) is 12.0 Å². The van der Waals surface area contributed by atoms with Crippen LogP contribution in [-0.4, -0.2) is 16.6 Å². The quantitative estimate of drug-likeness (QED) is 0.769. The Bertz CT molecular complexity index is 427. The van der Waals surface area contributed by atoms with Gasteiger partial charge in [-0.1, -0.05) is 26.7 Å². The minimum Gasteiger partial charge on any atom is -0.464 e. The van der Waals surface area contributed by atoms with Crippen LogP contribution in [0.4, 0.5) is 5.82 Å². The van der Waals surface area contributed by atoms with Crippen LogP contribution in [-0.2, 0) is 5.41 Å². The van der Waals surface area contributed by atoms with E-state index >= 15 is 0 Å². The number of aromatic nitrogens is 2. The molecule has 0 aliphatic heterocycles. The summed E-state index contributed by atoms with van der Waals surface area (Å²) in [6.45, 7) is 8.04. The maximum atomic E-state index is 5.81. The van der Waals surface area contributed by atoms with Gasteiger partial charge in [0.05, 0.1) is 5.56 Å². The van der Waals surface area contributed by atoms with Crippen molar-refractivity contribution in [3.63, 3.8) is 0 Å². The molecule has 0 saturated heterocycles. The fourth-order valence-electron chi connectivity index (χ4n) is 1.10. The SMILES string of the molecule is C#CCOc1nc(C(C)(C)C)nc(N)c1C. The van der Waals surface area contributed by atoms with Crippen LogP contribution < -0.4 is 10.5 Å². The highest BCUT2D eigenvalue weighted by Crippen LogP contribution is 2.25. The molecule has 0 aromatic carbocycles. The van der Waals surface area contributed by atoms with Gasteiger partial charge in [-0.3, -0.25) is 0 Å². The Morgan fingerprint density at radius 3 is 2.50 bits per heavy atom. The van der Waals surface area contributed by atoms with Crippen LogP contribution in [0, 0.1) is 19.3 Å². The van der Waals surface area contributed by atoms with Crippen LogP contribution in [0.2, 0.25) is 0 Å². The van der Waals surface area contributed by atoms with Gasteiger partial charge in [0.1, 0.15) is 11.6 Å². The molecule has 0 bridgehead atoms. The molecule has 1 aromatic heterocycles. The van der Waals surface area contributed by atoms with E-state index in [9.17, 15) is 0 Å². The van der Waals surface area contributed by atoms with Gasteiger partial charge in [0, 0.05) is 5.41 Å². The predicted octanol–water partition coefficient (Wildman–Crippen LogP) is 1.68. The zero-order valence-corrected chi connectivity index (χ0v) is 10.2. The fraction of sp³-hybridized carbons (Fsp3) is 0.500. The molecular formula is C12H17N3O. The van der Waals surface area contributed by atoms with Gasteiger partial charge in [0.25, 0.3) is 0 Å². The zero-order valence-electron chi connectivity index (χ0n) is 10.2. The first-order valence-electron chi connectivity index (χ1n) is 5.07. The van der Waals surface area contributed by atoms with Crippen molar-refractivity contribution in [1.29, 1.82) is 0 Å². The monoisotopic (exact) mass is 219 g/mol. The first kappa shape index (κ1) is 12.3. The van der Waals surface area contributed by atoms with E-state index in [1.54, 1.807) is 0 Å². The summed E-state index contributed by atoms with van der Waals surface area (Å²) < 4.78 is 5.34. The summed E-state index contributed by atoms with van der Waals surface area (Å²) in [6.07, 6.45) is 5.14. The topological polar surface area (TPSA) is 61.0 Å². The molecule has 86 valence electrons. The minimum absolute atomic E-state index is 0.171. The Morgan fingerprint density at radius 1 is 1.38 bits per heavy atom. The number of hydrogen-bond donors (Lipinski definition) is 1. The standard InChI is InChI=1S/C12H17N3O/c1-6-7-16-10-8(2)9(13)14-11(15-10)12(3,4)5/h1H,7H2,2-5H3,(H2,13,14,15). The van der Waals surface area contributed by atoms with Gasteiger partial charge in [0.2, 0.25) is 5.88 Å². The van der Waals surface area contributed by atoms with Crippen LogP contribution in [0.25, 0.3) is 0 Å². The first-order chi connectivity index (χ1) is 7.36. The van der Waals surface area contributed by atoms with E-state index in [4.69, 9.17) is 16.9 Å². The summed E-state index contributed by atoms with van der Waals surface area (Å²) in [5.41, 5.74) is 6.36. The molecule has 0 saturated carbocycles.